The lowest BCUT2D eigenvalue weighted by Crippen LogP contribution is -2.60. The molecule has 11 nitrogen and oxygen atoms in total. The topological polar surface area (TPSA) is 189 Å². The van der Waals surface area contributed by atoms with Gasteiger partial charge >= 0.3 is 0 Å². The average molecular weight is 1050 g/mol. The van der Waals surface area contributed by atoms with Crippen LogP contribution in [0.4, 0.5) is 0 Å². The molecule has 1 heterocycles. The standard InChI is InChI=1S/C63H123NO10/c1-3-5-7-9-11-13-15-17-19-21-23-25-27-28-29-31-32-34-36-38-40-42-44-46-48-50-55(66)58(68)54(53-73-63-61(71)60(70)59(69)57(52-65)74-63)64-62(72)56(67)51-49-47-45-43-41-39-37-35-33-30-26-24-22-20-18-16-14-12-10-8-6-4-2/h33,35,54-61,63,65-71H,3-32,34,36-53H2,1-2H3,(H,64,72)/b35-33-. The van der Waals surface area contributed by atoms with Crippen LogP contribution in [0, 0.1) is 0 Å². The summed E-state index contributed by atoms with van der Waals surface area (Å²) in [4.78, 5) is 13.2. The zero-order valence-corrected chi connectivity index (χ0v) is 48.4. The zero-order chi connectivity index (χ0) is 54.0. The van der Waals surface area contributed by atoms with Gasteiger partial charge in [0.25, 0.3) is 0 Å². The predicted molar refractivity (Wildman–Crippen MR) is 307 cm³/mol. The van der Waals surface area contributed by atoms with Crippen molar-refractivity contribution in [2.24, 2.45) is 0 Å². The third-order valence-electron chi connectivity index (χ3n) is 15.8. The van der Waals surface area contributed by atoms with Gasteiger partial charge in [-0.05, 0) is 38.5 Å². The van der Waals surface area contributed by atoms with Gasteiger partial charge in [0.2, 0.25) is 5.91 Å². The van der Waals surface area contributed by atoms with E-state index in [0.717, 1.165) is 51.4 Å². The Bertz CT molecular complexity index is 1210. The van der Waals surface area contributed by atoms with Crippen LogP contribution in [0.15, 0.2) is 12.2 Å². The minimum atomic E-state index is -1.66. The maximum atomic E-state index is 13.2. The summed E-state index contributed by atoms with van der Waals surface area (Å²) in [7, 11) is 0. The first-order valence-electron chi connectivity index (χ1n) is 32.1. The molecule has 1 fully saturated rings. The Hall–Kier alpha value is -1.15. The smallest absolute Gasteiger partial charge is 0.249 e. The zero-order valence-electron chi connectivity index (χ0n) is 48.4. The summed E-state index contributed by atoms with van der Waals surface area (Å²) in [6.45, 7) is 3.51. The van der Waals surface area contributed by atoms with Crippen molar-refractivity contribution in [3.63, 3.8) is 0 Å². The normalized spacial score (nSPS) is 19.8. The van der Waals surface area contributed by atoms with Crippen LogP contribution in [0.5, 0.6) is 0 Å². The van der Waals surface area contributed by atoms with E-state index in [-0.39, 0.29) is 6.42 Å². The number of nitrogens with one attached hydrogen (secondary N) is 1. The third-order valence-corrected chi connectivity index (χ3v) is 15.8. The molecule has 8 N–H and O–H groups in total. The van der Waals surface area contributed by atoms with Gasteiger partial charge in [-0.2, -0.15) is 0 Å². The molecule has 11 heteroatoms. The number of amides is 1. The molecule has 0 bridgehead atoms. The van der Waals surface area contributed by atoms with Gasteiger partial charge in [-0.3, -0.25) is 4.79 Å². The van der Waals surface area contributed by atoms with E-state index in [4.69, 9.17) is 9.47 Å². The number of allylic oxidation sites excluding steroid dienone is 2. The number of carbonyl (C=O) groups is 1. The number of rotatable bonds is 56. The predicted octanol–water partition coefficient (Wildman–Crippen LogP) is 14.3. The highest BCUT2D eigenvalue weighted by atomic mass is 16.7. The van der Waals surface area contributed by atoms with Crippen molar-refractivity contribution in [3.8, 4) is 0 Å². The van der Waals surface area contributed by atoms with Crippen molar-refractivity contribution in [2.45, 2.75) is 371 Å². The molecule has 1 rings (SSSR count). The summed E-state index contributed by atoms with van der Waals surface area (Å²) in [5, 5.41) is 76.4. The van der Waals surface area contributed by atoms with Gasteiger partial charge in [0, 0.05) is 0 Å². The third kappa shape index (κ3) is 40.1. The van der Waals surface area contributed by atoms with Crippen LogP contribution in [-0.4, -0.2) is 110 Å². The van der Waals surface area contributed by atoms with Gasteiger partial charge in [-0.25, -0.2) is 0 Å². The molecule has 0 aromatic heterocycles. The number of unbranched alkanes of at least 4 members (excludes halogenated alkanes) is 42. The fraction of sp³-hybridized carbons (Fsp3) is 0.952. The molecule has 1 amide bonds. The van der Waals surface area contributed by atoms with E-state index in [2.05, 4.69) is 31.3 Å². The molecule has 0 aromatic rings. The Labute approximate surface area is 455 Å². The van der Waals surface area contributed by atoms with E-state index in [1.54, 1.807) is 0 Å². The average Bonchev–Trinajstić information content (AvgIpc) is 3.40. The van der Waals surface area contributed by atoms with E-state index in [9.17, 15) is 40.5 Å². The van der Waals surface area contributed by atoms with Gasteiger partial charge < -0.3 is 50.5 Å². The number of carbonyl (C=O) groups excluding carboxylic acids is 1. The SMILES string of the molecule is CCCCCCCCCCCCCC/C=C\CCCCCCCCC(O)C(=O)NC(COC1OC(CO)C(O)C(O)C1O)C(O)C(O)CCCCCCCCCCCCCCCCCCCCCCCCCCC. The highest BCUT2D eigenvalue weighted by Gasteiger charge is 2.44. The Balaban J connectivity index is 2.26. The maximum absolute atomic E-state index is 13.2. The molecule has 0 spiro atoms. The minimum absolute atomic E-state index is 0.256. The number of aliphatic hydroxyl groups is 7. The van der Waals surface area contributed by atoms with Crippen LogP contribution in [-0.2, 0) is 14.3 Å². The monoisotopic (exact) mass is 1050 g/mol. The fourth-order valence-corrected chi connectivity index (χ4v) is 10.6. The first-order valence-corrected chi connectivity index (χ1v) is 32.1. The molecule has 0 saturated carbocycles. The molecular formula is C63H123NO10. The first kappa shape index (κ1) is 70.9. The Morgan fingerprint density at radius 2 is 0.784 bits per heavy atom. The highest BCUT2D eigenvalue weighted by molar-refractivity contribution is 5.80. The van der Waals surface area contributed by atoms with Crippen molar-refractivity contribution >= 4 is 5.91 Å². The summed E-state index contributed by atoms with van der Waals surface area (Å²) < 4.78 is 11.2. The number of hydrogen-bond acceptors (Lipinski definition) is 10. The number of ether oxygens (including phenoxy) is 2. The lowest BCUT2D eigenvalue weighted by Gasteiger charge is -2.40. The molecule has 440 valence electrons. The van der Waals surface area contributed by atoms with Crippen LogP contribution in [0.2, 0.25) is 0 Å². The molecule has 9 atom stereocenters. The lowest BCUT2D eigenvalue weighted by atomic mass is 9.98. The molecule has 1 saturated heterocycles. The van der Waals surface area contributed by atoms with Crippen molar-refractivity contribution in [3.05, 3.63) is 12.2 Å². The van der Waals surface area contributed by atoms with E-state index < -0.39 is 74.2 Å². The molecule has 0 radical (unpaired) electrons. The molecule has 9 unspecified atom stereocenters. The van der Waals surface area contributed by atoms with Crippen LogP contribution in [0.1, 0.15) is 316 Å². The van der Waals surface area contributed by atoms with Gasteiger partial charge in [-0.1, -0.05) is 289 Å². The second kappa shape index (κ2) is 52.5. The van der Waals surface area contributed by atoms with Crippen LogP contribution < -0.4 is 5.32 Å². The van der Waals surface area contributed by atoms with Crippen molar-refractivity contribution in [1.82, 2.24) is 5.32 Å². The molecule has 1 aliphatic rings. The second-order valence-electron chi connectivity index (χ2n) is 22.8. The van der Waals surface area contributed by atoms with Crippen LogP contribution in [0.25, 0.3) is 0 Å². The summed E-state index contributed by atoms with van der Waals surface area (Å²) in [5.41, 5.74) is 0. The van der Waals surface area contributed by atoms with Crippen LogP contribution in [0.3, 0.4) is 0 Å². The number of aliphatic hydroxyl groups excluding tert-OH is 7. The molecule has 1 aliphatic heterocycles. The second-order valence-corrected chi connectivity index (χ2v) is 22.8. The quantitative estimate of drug-likeness (QED) is 0.0215. The minimum Gasteiger partial charge on any atom is -0.394 e. The van der Waals surface area contributed by atoms with Crippen molar-refractivity contribution < 1.29 is 50.0 Å². The molecule has 74 heavy (non-hydrogen) atoms. The van der Waals surface area contributed by atoms with Crippen LogP contribution >= 0.6 is 0 Å². The van der Waals surface area contributed by atoms with Crippen molar-refractivity contribution in [1.29, 1.82) is 0 Å². The lowest BCUT2D eigenvalue weighted by molar-refractivity contribution is -0.303. The van der Waals surface area contributed by atoms with E-state index >= 15 is 0 Å². The van der Waals surface area contributed by atoms with E-state index in [0.29, 0.717) is 19.3 Å². The van der Waals surface area contributed by atoms with E-state index in [1.807, 2.05) is 0 Å². The maximum Gasteiger partial charge on any atom is 0.249 e. The molecule has 0 aliphatic carbocycles. The van der Waals surface area contributed by atoms with Gasteiger partial charge in [-0.15, -0.1) is 0 Å². The summed E-state index contributed by atoms with van der Waals surface area (Å²) in [5.74, 6) is -0.695. The summed E-state index contributed by atoms with van der Waals surface area (Å²) in [6.07, 6.45) is 51.3. The Kier molecular flexibility index (Phi) is 50.3. The summed E-state index contributed by atoms with van der Waals surface area (Å²) >= 11 is 0. The van der Waals surface area contributed by atoms with E-state index in [1.165, 1.54) is 225 Å². The number of hydrogen-bond donors (Lipinski definition) is 8. The largest absolute Gasteiger partial charge is 0.394 e. The van der Waals surface area contributed by atoms with Gasteiger partial charge in [0.05, 0.1) is 25.4 Å². The Morgan fingerprint density at radius 3 is 1.14 bits per heavy atom. The highest BCUT2D eigenvalue weighted by Crippen LogP contribution is 2.24. The molecular weight excluding hydrogens is 931 g/mol. The fourth-order valence-electron chi connectivity index (χ4n) is 10.6. The van der Waals surface area contributed by atoms with Gasteiger partial charge in [0.1, 0.15) is 36.6 Å². The summed E-state index contributed by atoms with van der Waals surface area (Å²) in [6, 6.07) is -1.17. The molecule has 0 aromatic carbocycles. The first-order chi connectivity index (χ1) is 36.2. The van der Waals surface area contributed by atoms with Gasteiger partial charge in [0.15, 0.2) is 6.29 Å². The van der Waals surface area contributed by atoms with Crippen molar-refractivity contribution in [2.75, 3.05) is 13.2 Å². The Morgan fingerprint density at radius 1 is 0.459 bits per heavy atom.